The summed E-state index contributed by atoms with van der Waals surface area (Å²) in [4.78, 5) is 15.0. The van der Waals surface area contributed by atoms with Gasteiger partial charge in [-0.25, -0.2) is 0 Å². The van der Waals surface area contributed by atoms with Crippen LogP contribution in [-0.2, 0) is 11.2 Å². The third kappa shape index (κ3) is 7.13. The third-order valence-corrected chi connectivity index (χ3v) is 3.45. The second kappa shape index (κ2) is 8.25. The van der Waals surface area contributed by atoms with E-state index in [-0.39, 0.29) is 5.91 Å². The molecule has 4 heteroatoms. The minimum absolute atomic E-state index is 0.181. The largest absolute Gasteiger partial charge is 0.356 e. The van der Waals surface area contributed by atoms with Gasteiger partial charge in [-0.05, 0) is 51.3 Å². The first-order chi connectivity index (χ1) is 8.18. The molecule has 17 heavy (non-hydrogen) atoms. The van der Waals surface area contributed by atoms with Gasteiger partial charge in [-0.3, -0.25) is 4.79 Å². The fourth-order valence-electron chi connectivity index (χ4n) is 1.59. The molecule has 0 bridgehead atoms. The first kappa shape index (κ1) is 14.2. The Hall–Kier alpha value is -0.870. The summed E-state index contributed by atoms with van der Waals surface area (Å²) in [6.45, 7) is 1.81. The Morgan fingerprint density at radius 2 is 2.24 bits per heavy atom. The molecule has 96 valence electrons. The van der Waals surface area contributed by atoms with Crippen molar-refractivity contribution in [2.24, 2.45) is 0 Å². The van der Waals surface area contributed by atoms with Crippen molar-refractivity contribution in [2.75, 3.05) is 27.2 Å². The van der Waals surface area contributed by atoms with Crippen LogP contribution in [0.2, 0.25) is 0 Å². The van der Waals surface area contributed by atoms with E-state index in [0.29, 0.717) is 6.42 Å². The van der Waals surface area contributed by atoms with Gasteiger partial charge in [-0.2, -0.15) is 0 Å². The standard InChI is InChI=1S/C13H22N2OS/c1-15(2)10-5-9-14-13(16)8-3-6-12-7-4-11-17-12/h4,7,11H,3,5-6,8-10H2,1-2H3,(H,14,16). The Bertz CT molecular complexity index is 309. The van der Waals surface area contributed by atoms with Crippen molar-refractivity contribution in [1.29, 1.82) is 0 Å². The molecule has 0 aromatic carbocycles. The van der Waals surface area contributed by atoms with Gasteiger partial charge in [0.25, 0.3) is 0 Å². The van der Waals surface area contributed by atoms with Crippen molar-refractivity contribution in [2.45, 2.75) is 25.7 Å². The molecule has 0 spiro atoms. The number of amides is 1. The highest BCUT2D eigenvalue weighted by Crippen LogP contribution is 2.11. The van der Waals surface area contributed by atoms with Crippen LogP contribution in [0.25, 0.3) is 0 Å². The summed E-state index contributed by atoms with van der Waals surface area (Å²) in [5, 5.41) is 5.04. The van der Waals surface area contributed by atoms with Gasteiger partial charge in [0.15, 0.2) is 0 Å². The fraction of sp³-hybridized carbons (Fsp3) is 0.615. The van der Waals surface area contributed by atoms with Crippen LogP contribution >= 0.6 is 11.3 Å². The van der Waals surface area contributed by atoms with Gasteiger partial charge in [-0.15, -0.1) is 11.3 Å². The molecule has 0 aliphatic rings. The molecule has 0 radical (unpaired) electrons. The molecule has 0 unspecified atom stereocenters. The lowest BCUT2D eigenvalue weighted by Crippen LogP contribution is -2.26. The number of aryl methyl sites for hydroxylation is 1. The highest BCUT2D eigenvalue weighted by Gasteiger charge is 2.01. The van der Waals surface area contributed by atoms with Gasteiger partial charge < -0.3 is 10.2 Å². The fourth-order valence-corrected chi connectivity index (χ4v) is 2.34. The number of carbonyl (C=O) groups excluding carboxylic acids is 1. The minimum atomic E-state index is 0.181. The van der Waals surface area contributed by atoms with E-state index in [0.717, 1.165) is 32.4 Å². The molecule has 1 amide bonds. The van der Waals surface area contributed by atoms with Crippen LogP contribution in [0.1, 0.15) is 24.1 Å². The lowest BCUT2D eigenvalue weighted by molar-refractivity contribution is -0.121. The maximum atomic E-state index is 11.5. The summed E-state index contributed by atoms with van der Waals surface area (Å²) in [5.74, 6) is 0.181. The summed E-state index contributed by atoms with van der Waals surface area (Å²) < 4.78 is 0. The van der Waals surface area contributed by atoms with Crippen molar-refractivity contribution < 1.29 is 4.79 Å². The van der Waals surface area contributed by atoms with Crippen LogP contribution in [0.5, 0.6) is 0 Å². The van der Waals surface area contributed by atoms with E-state index in [1.807, 2.05) is 14.1 Å². The predicted octanol–water partition coefficient (Wildman–Crippen LogP) is 2.14. The molecular weight excluding hydrogens is 232 g/mol. The number of nitrogens with one attached hydrogen (secondary N) is 1. The Morgan fingerprint density at radius 1 is 1.41 bits per heavy atom. The van der Waals surface area contributed by atoms with Crippen molar-refractivity contribution in [3.05, 3.63) is 22.4 Å². The van der Waals surface area contributed by atoms with E-state index in [9.17, 15) is 4.79 Å². The molecule has 1 rings (SSSR count). The first-order valence-corrected chi connectivity index (χ1v) is 7.00. The number of hydrogen-bond acceptors (Lipinski definition) is 3. The van der Waals surface area contributed by atoms with Crippen LogP contribution < -0.4 is 5.32 Å². The second-order valence-corrected chi connectivity index (χ2v) is 5.47. The Labute approximate surface area is 108 Å². The number of thiophene rings is 1. The zero-order chi connectivity index (χ0) is 12.5. The number of rotatable bonds is 8. The molecule has 0 aliphatic heterocycles. The van der Waals surface area contributed by atoms with Crippen molar-refractivity contribution in [1.82, 2.24) is 10.2 Å². The zero-order valence-electron chi connectivity index (χ0n) is 10.7. The van der Waals surface area contributed by atoms with Gasteiger partial charge in [0.05, 0.1) is 0 Å². The average molecular weight is 254 g/mol. The maximum Gasteiger partial charge on any atom is 0.220 e. The van der Waals surface area contributed by atoms with Gasteiger partial charge in [0, 0.05) is 17.8 Å². The number of hydrogen-bond donors (Lipinski definition) is 1. The minimum Gasteiger partial charge on any atom is -0.356 e. The summed E-state index contributed by atoms with van der Waals surface area (Å²) in [6, 6.07) is 4.18. The van der Waals surface area contributed by atoms with Crippen LogP contribution in [-0.4, -0.2) is 38.0 Å². The third-order valence-electron chi connectivity index (χ3n) is 2.51. The molecular formula is C13H22N2OS. The summed E-state index contributed by atoms with van der Waals surface area (Å²) in [7, 11) is 4.09. The normalized spacial score (nSPS) is 10.8. The molecule has 0 saturated carbocycles. The van der Waals surface area contributed by atoms with Crippen molar-refractivity contribution >= 4 is 17.2 Å². The van der Waals surface area contributed by atoms with Crippen LogP contribution in [0.3, 0.4) is 0 Å². The summed E-state index contributed by atoms with van der Waals surface area (Å²) in [6.07, 6.45) is 3.62. The number of carbonyl (C=O) groups is 1. The van der Waals surface area contributed by atoms with Crippen molar-refractivity contribution in [3.63, 3.8) is 0 Å². The first-order valence-electron chi connectivity index (χ1n) is 6.12. The van der Waals surface area contributed by atoms with Gasteiger partial charge in [0.1, 0.15) is 0 Å². The lowest BCUT2D eigenvalue weighted by atomic mass is 10.2. The van der Waals surface area contributed by atoms with E-state index in [1.165, 1.54) is 4.88 Å². The van der Waals surface area contributed by atoms with Crippen LogP contribution in [0, 0.1) is 0 Å². The van der Waals surface area contributed by atoms with Crippen molar-refractivity contribution in [3.8, 4) is 0 Å². The van der Waals surface area contributed by atoms with E-state index in [1.54, 1.807) is 11.3 Å². The lowest BCUT2D eigenvalue weighted by Gasteiger charge is -2.09. The van der Waals surface area contributed by atoms with Crippen LogP contribution in [0.4, 0.5) is 0 Å². The van der Waals surface area contributed by atoms with Gasteiger partial charge >= 0.3 is 0 Å². The highest BCUT2D eigenvalue weighted by atomic mass is 32.1. The Morgan fingerprint density at radius 3 is 2.88 bits per heavy atom. The monoisotopic (exact) mass is 254 g/mol. The topological polar surface area (TPSA) is 32.3 Å². The zero-order valence-corrected chi connectivity index (χ0v) is 11.6. The SMILES string of the molecule is CN(C)CCCNC(=O)CCCc1cccs1. The summed E-state index contributed by atoms with van der Waals surface area (Å²) >= 11 is 1.76. The molecule has 1 heterocycles. The smallest absolute Gasteiger partial charge is 0.220 e. The molecule has 0 aliphatic carbocycles. The average Bonchev–Trinajstić information content (AvgIpc) is 2.77. The molecule has 1 aromatic rings. The van der Waals surface area contributed by atoms with Gasteiger partial charge in [0.2, 0.25) is 5.91 Å². The Balaban J connectivity index is 1.98. The van der Waals surface area contributed by atoms with Crippen LogP contribution in [0.15, 0.2) is 17.5 Å². The quantitative estimate of drug-likeness (QED) is 0.721. The molecule has 0 atom stereocenters. The molecule has 0 saturated heterocycles. The Kier molecular flexibility index (Phi) is 6.89. The highest BCUT2D eigenvalue weighted by molar-refractivity contribution is 7.09. The second-order valence-electron chi connectivity index (χ2n) is 4.44. The van der Waals surface area contributed by atoms with E-state index in [2.05, 4.69) is 27.7 Å². The molecule has 1 aromatic heterocycles. The maximum absolute atomic E-state index is 11.5. The van der Waals surface area contributed by atoms with E-state index < -0.39 is 0 Å². The number of nitrogens with zero attached hydrogens (tertiary/aromatic N) is 1. The summed E-state index contributed by atoms with van der Waals surface area (Å²) in [5.41, 5.74) is 0. The van der Waals surface area contributed by atoms with E-state index in [4.69, 9.17) is 0 Å². The molecule has 1 N–H and O–H groups in total. The van der Waals surface area contributed by atoms with Gasteiger partial charge in [-0.1, -0.05) is 6.07 Å². The molecule has 3 nitrogen and oxygen atoms in total. The molecule has 0 fully saturated rings. The predicted molar refractivity (Wildman–Crippen MR) is 73.4 cm³/mol. The van der Waals surface area contributed by atoms with E-state index >= 15 is 0 Å².